The summed E-state index contributed by atoms with van der Waals surface area (Å²) in [6.45, 7) is 4.82. The summed E-state index contributed by atoms with van der Waals surface area (Å²) in [5.41, 5.74) is 2.22. The molecule has 0 bridgehead atoms. The molecule has 3 nitrogen and oxygen atoms in total. The Bertz CT molecular complexity index is 698. The van der Waals surface area contributed by atoms with Gasteiger partial charge < -0.3 is 9.64 Å². The minimum Gasteiger partial charge on any atom is -0.484 e. The molecular formula is C17H18ClNO2S. The van der Waals surface area contributed by atoms with Crippen LogP contribution in [0.2, 0.25) is 5.02 Å². The molecule has 1 aliphatic heterocycles. The van der Waals surface area contributed by atoms with Crippen LogP contribution in [0.4, 0.5) is 0 Å². The predicted molar refractivity (Wildman–Crippen MR) is 89.8 cm³/mol. The van der Waals surface area contributed by atoms with Gasteiger partial charge in [-0.05, 0) is 61.0 Å². The standard InChI is InChI=1S/C17H18ClNO2S/c1-11-9-13(3-4-15(11)18)21-10-17(20)19-7-5-16-14(12(19)2)6-8-22-16/h3-4,6,8-9,12H,5,7,10H2,1-2H3/t12-/m0/s1. The first-order valence-corrected chi connectivity index (χ1v) is 8.56. The van der Waals surface area contributed by atoms with Crippen LogP contribution in [-0.2, 0) is 11.2 Å². The number of nitrogens with zero attached hydrogens (tertiary/aromatic N) is 1. The Hall–Kier alpha value is -1.52. The molecule has 1 aliphatic rings. The lowest BCUT2D eigenvalue weighted by molar-refractivity contribution is -0.135. The van der Waals surface area contributed by atoms with Crippen LogP contribution in [0.15, 0.2) is 29.6 Å². The minimum atomic E-state index is 0.0250. The van der Waals surface area contributed by atoms with E-state index in [2.05, 4.69) is 18.4 Å². The van der Waals surface area contributed by atoms with Gasteiger partial charge in [0.05, 0.1) is 6.04 Å². The molecule has 1 atom stereocenters. The van der Waals surface area contributed by atoms with E-state index >= 15 is 0 Å². The van der Waals surface area contributed by atoms with Crippen LogP contribution in [0.3, 0.4) is 0 Å². The summed E-state index contributed by atoms with van der Waals surface area (Å²) in [6.07, 6.45) is 0.934. The smallest absolute Gasteiger partial charge is 0.261 e. The summed E-state index contributed by atoms with van der Waals surface area (Å²) >= 11 is 7.77. The second kappa shape index (κ2) is 6.31. The summed E-state index contributed by atoms with van der Waals surface area (Å²) in [5.74, 6) is 0.702. The van der Waals surface area contributed by atoms with Gasteiger partial charge in [0, 0.05) is 16.4 Å². The largest absolute Gasteiger partial charge is 0.484 e. The lowest BCUT2D eigenvalue weighted by atomic mass is 10.0. The van der Waals surface area contributed by atoms with E-state index < -0.39 is 0 Å². The number of ether oxygens (including phenoxy) is 1. The number of carbonyl (C=O) groups excluding carboxylic acids is 1. The minimum absolute atomic E-state index is 0.0250. The van der Waals surface area contributed by atoms with Crippen molar-refractivity contribution in [3.05, 3.63) is 50.7 Å². The van der Waals surface area contributed by atoms with Crippen molar-refractivity contribution in [2.24, 2.45) is 0 Å². The van der Waals surface area contributed by atoms with Gasteiger partial charge in [-0.15, -0.1) is 11.3 Å². The Morgan fingerprint density at radius 2 is 2.27 bits per heavy atom. The molecule has 22 heavy (non-hydrogen) atoms. The zero-order valence-corrected chi connectivity index (χ0v) is 14.2. The molecule has 0 aliphatic carbocycles. The Kier molecular flexibility index (Phi) is 4.41. The fraction of sp³-hybridized carbons (Fsp3) is 0.353. The third kappa shape index (κ3) is 2.99. The number of carbonyl (C=O) groups is 1. The van der Waals surface area contributed by atoms with Crippen LogP contribution in [0, 0.1) is 6.92 Å². The van der Waals surface area contributed by atoms with Crippen molar-refractivity contribution in [2.75, 3.05) is 13.2 Å². The van der Waals surface area contributed by atoms with Crippen molar-refractivity contribution in [3.63, 3.8) is 0 Å². The lowest BCUT2D eigenvalue weighted by Gasteiger charge is -2.33. The summed E-state index contributed by atoms with van der Waals surface area (Å²) in [4.78, 5) is 15.7. The maximum absolute atomic E-state index is 12.4. The molecule has 1 amide bonds. The number of hydrogen-bond acceptors (Lipinski definition) is 3. The second-order valence-corrected chi connectivity index (χ2v) is 6.92. The first-order chi connectivity index (χ1) is 10.6. The van der Waals surface area contributed by atoms with Crippen molar-refractivity contribution < 1.29 is 9.53 Å². The highest BCUT2D eigenvalue weighted by Crippen LogP contribution is 2.32. The van der Waals surface area contributed by atoms with Gasteiger partial charge in [-0.3, -0.25) is 4.79 Å². The molecule has 0 saturated heterocycles. The summed E-state index contributed by atoms with van der Waals surface area (Å²) in [7, 11) is 0. The number of hydrogen-bond donors (Lipinski definition) is 0. The predicted octanol–water partition coefficient (Wildman–Crippen LogP) is 4.23. The molecule has 3 rings (SSSR count). The zero-order valence-electron chi connectivity index (χ0n) is 12.6. The fourth-order valence-corrected chi connectivity index (χ4v) is 3.87. The number of aryl methyl sites for hydroxylation is 1. The maximum atomic E-state index is 12.4. The van der Waals surface area contributed by atoms with Crippen LogP contribution in [-0.4, -0.2) is 24.0 Å². The molecule has 0 fully saturated rings. The highest BCUT2D eigenvalue weighted by molar-refractivity contribution is 7.10. The molecule has 1 aromatic heterocycles. The molecule has 0 radical (unpaired) electrons. The van der Waals surface area contributed by atoms with Gasteiger partial charge in [0.25, 0.3) is 5.91 Å². The number of fused-ring (bicyclic) bond motifs is 1. The normalized spacial score (nSPS) is 17.2. The number of thiophene rings is 1. The Balaban J connectivity index is 1.64. The van der Waals surface area contributed by atoms with Crippen LogP contribution in [0.25, 0.3) is 0 Å². The lowest BCUT2D eigenvalue weighted by Crippen LogP contribution is -2.40. The SMILES string of the molecule is Cc1cc(OCC(=O)N2CCc3sccc3[C@@H]2C)ccc1Cl. The van der Waals surface area contributed by atoms with Gasteiger partial charge in [0.2, 0.25) is 0 Å². The second-order valence-electron chi connectivity index (χ2n) is 5.51. The monoisotopic (exact) mass is 335 g/mol. The molecule has 5 heteroatoms. The quantitative estimate of drug-likeness (QED) is 0.839. The van der Waals surface area contributed by atoms with E-state index in [0.29, 0.717) is 10.8 Å². The van der Waals surface area contributed by atoms with Crippen molar-refractivity contribution in [1.82, 2.24) is 4.90 Å². The van der Waals surface area contributed by atoms with E-state index in [1.807, 2.05) is 17.9 Å². The van der Waals surface area contributed by atoms with Crippen LogP contribution in [0.5, 0.6) is 5.75 Å². The average molecular weight is 336 g/mol. The molecule has 0 spiro atoms. The molecule has 0 N–H and O–H groups in total. The number of benzene rings is 1. The molecule has 2 heterocycles. The first-order valence-electron chi connectivity index (χ1n) is 7.31. The van der Waals surface area contributed by atoms with E-state index in [4.69, 9.17) is 16.3 Å². The van der Waals surface area contributed by atoms with Crippen molar-refractivity contribution in [2.45, 2.75) is 26.3 Å². The van der Waals surface area contributed by atoms with E-state index in [1.54, 1.807) is 23.5 Å². The molecule has 1 aromatic carbocycles. The van der Waals surface area contributed by atoms with Gasteiger partial charge in [0.1, 0.15) is 5.75 Å². The number of rotatable bonds is 3. The van der Waals surface area contributed by atoms with Gasteiger partial charge in [-0.2, -0.15) is 0 Å². The van der Waals surface area contributed by atoms with Gasteiger partial charge in [-0.1, -0.05) is 11.6 Å². The Morgan fingerprint density at radius 1 is 1.45 bits per heavy atom. The van der Waals surface area contributed by atoms with Crippen LogP contribution < -0.4 is 4.74 Å². The third-order valence-corrected chi connectivity index (χ3v) is 5.51. The van der Waals surface area contributed by atoms with Crippen LogP contribution in [0.1, 0.15) is 29.0 Å². The zero-order chi connectivity index (χ0) is 15.7. The third-order valence-electron chi connectivity index (χ3n) is 4.09. The molecular weight excluding hydrogens is 318 g/mol. The van der Waals surface area contributed by atoms with Crippen molar-refractivity contribution in [3.8, 4) is 5.75 Å². The molecule has 0 unspecified atom stereocenters. The highest BCUT2D eigenvalue weighted by Gasteiger charge is 2.28. The number of amides is 1. The van der Waals surface area contributed by atoms with Crippen molar-refractivity contribution in [1.29, 1.82) is 0 Å². The Labute approximate surface area is 139 Å². The van der Waals surface area contributed by atoms with E-state index in [0.717, 1.165) is 18.5 Å². The first kappa shape index (κ1) is 15.4. The summed E-state index contributed by atoms with van der Waals surface area (Å²) < 4.78 is 5.63. The average Bonchev–Trinajstić information content (AvgIpc) is 2.98. The highest BCUT2D eigenvalue weighted by atomic mass is 35.5. The van der Waals surface area contributed by atoms with Gasteiger partial charge in [-0.25, -0.2) is 0 Å². The number of halogens is 1. The maximum Gasteiger partial charge on any atom is 0.261 e. The Morgan fingerprint density at radius 3 is 3.05 bits per heavy atom. The topological polar surface area (TPSA) is 29.5 Å². The van der Waals surface area contributed by atoms with E-state index in [1.165, 1.54) is 10.4 Å². The summed E-state index contributed by atoms with van der Waals surface area (Å²) in [6, 6.07) is 7.68. The van der Waals surface area contributed by atoms with Crippen molar-refractivity contribution >= 4 is 28.8 Å². The van der Waals surface area contributed by atoms with E-state index in [-0.39, 0.29) is 18.6 Å². The van der Waals surface area contributed by atoms with E-state index in [9.17, 15) is 4.79 Å². The summed E-state index contributed by atoms with van der Waals surface area (Å²) in [5, 5.41) is 2.80. The molecule has 116 valence electrons. The molecule has 2 aromatic rings. The molecule has 0 saturated carbocycles. The van der Waals surface area contributed by atoms with Gasteiger partial charge in [0.15, 0.2) is 6.61 Å². The fourth-order valence-electron chi connectivity index (χ4n) is 2.79. The van der Waals surface area contributed by atoms with Gasteiger partial charge >= 0.3 is 0 Å². The van der Waals surface area contributed by atoms with Crippen LogP contribution >= 0.6 is 22.9 Å².